The van der Waals surface area contributed by atoms with Crippen LogP contribution in [0.15, 0.2) is 18.2 Å². The molecule has 1 aliphatic rings. The van der Waals surface area contributed by atoms with Crippen LogP contribution in [0.3, 0.4) is 0 Å². The van der Waals surface area contributed by atoms with Crippen molar-refractivity contribution in [3.63, 3.8) is 0 Å². The van der Waals surface area contributed by atoms with E-state index in [1.807, 2.05) is 5.43 Å². The minimum atomic E-state index is -1.41. The lowest BCUT2D eigenvalue weighted by molar-refractivity contribution is -0.126. The van der Waals surface area contributed by atoms with Gasteiger partial charge in [-0.1, -0.05) is 17.7 Å². The van der Waals surface area contributed by atoms with Crippen LogP contribution < -0.4 is 10.9 Å². The summed E-state index contributed by atoms with van der Waals surface area (Å²) in [5, 5.41) is -0.249. The highest BCUT2D eigenvalue weighted by Crippen LogP contribution is 2.23. The number of likely N-dealkylation sites (tertiary alicyclic amines) is 1. The minimum Gasteiger partial charge on any atom is -0.444 e. The van der Waals surface area contributed by atoms with E-state index in [1.54, 1.807) is 20.8 Å². The van der Waals surface area contributed by atoms with Gasteiger partial charge in [-0.15, -0.1) is 0 Å². The number of carbonyl (C=O) groups excluding carboxylic acids is 3. The number of nitrogens with zero attached hydrogens (tertiary/aromatic N) is 1. The van der Waals surface area contributed by atoms with E-state index in [0.717, 1.165) is 4.90 Å². The van der Waals surface area contributed by atoms with Crippen LogP contribution in [-0.2, 0) is 9.53 Å². The van der Waals surface area contributed by atoms with Crippen molar-refractivity contribution in [3.8, 4) is 0 Å². The SMILES string of the molecule is CC(C)(C)OC(=O)N1C[C@H](F)C[C@H]1C(=O)NNC(=O)c1cccc(Cl)c1F. The lowest BCUT2D eigenvalue weighted by atomic mass is 10.2. The zero-order valence-corrected chi connectivity index (χ0v) is 15.8. The van der Waals surface area contributed by atoms with Gasteiger partial charge in [0.05, 0.1) is 17.1 Å². The van der Waals surface area contributed by atoms with E-state index < -0.39 is 41.5 Å². The first kappa shape index (κ1) is 20.9. The molecule has 0 unspecified atom stereocenters. The van der Waals surface area contributed by atoms with Crippen molar-refractivity contribution >= 4 is 29.5 Å². The van der Waals surface area contributed by atoms with Crippen LogP contribution in [0.1, 0.15) is 37.6 Å². The number of rotatable bonds is 2. The fourth-order valence-electron chi connectivity index (χ4n) is 2.50. The van der Waals surface area contributed by atoms with Crippen molar-refractivity contribution in [1.82, 2.24) is 15.8 Å². The highest BCUT2D eigenvalue weighted by atomic mass is 35.5. The molecule has 0 bridgehead atoms. The van der Waals surface area contributed by atoms with Crippen molar-refractivity contribution in [2.45, 2.75) is 45.0 Å². The first-order valence-corrected chi connectivity index (χ1v) is 8.55. The van der Waals surface area contributed by atoms with E-state index in [-0.39, 0.29) is 23.6 Å². The summed E-state index contributed by atoms with van der Waals surface area (Å²) in [6.07, 6.45) is -2.49. The van der Waals surface area contributed by atoms with E-state index in [2.05, 4.69) is 5.43 Å². The molecule has 2 N–H and O–H groups in total. The van der Waals surface area contributed by atoms with Crippen LogP contribution in [0.2, 0.25) is 5.02 Å². The maximum absolute atomic E-state index is 13.8. The molecule has 2 atom stereocenters. The number of hydrogen-bond donors (Lipinski definition) is 2. The predicted octanol–water partition coefficient (Wildman–Crippen LogP) is 2.59. The number of amides is 3. The fraction of sp³-hybridized carbons (Fsp3) is 0.471. The molecule has 2 rings (SSSR count). The number of alkyl halides is 1. The molecule has 1 aromatic carbocycles. The molecular formula is C17H20ClF2N3O4. The summed E-state index contributed by atoms with van der Waals surface area (Å²) in [7, 11) is 0. The first-order valence-electron chi connectivity index (χ1n) is 8.17. The molecule has 148 valence electrons. The maximum Gasteiger partial charge on any atom is 0.411 e. The number of ether oxygens (including phenoxy) is 1. The molecule has 1 aliphatic heterocycles. The summed E-state index contributed by atoms with van der Waals surface area (Å²) in [6.45, 7) is 4.62. The Labute approximate surface area is 160 Å². The van der Waals surface area contributed by atoms with Crippen molar-refractivity contribution in [1.29, 1.82) is 0 Å². The van der Waals surface area contributed by atoms with Crippen LogP contribution in [0.4, 0.5) is 13.6 Å². The van der Waals surface area contributed by atoms with E-state index in [0.29, 0.717) is 0 Å². The topological polar surface area (TPSA) is 87.7 Å². The molecule has 1 heterocycles. The smallest absolute Gasteiger partial charge is 0.411 e. The van der Waals surface area contributed by atoms with Gasteiger partial charge < -0.3 is 4.74 Å². The molecule has 3 amide bonds. The second-order valence-electron chi connectivity index (χ2n) is 7.03. The van der Waals surface area contributed by atoms with Crippen LogP contribution in [0, 0.1) is 5.82 Å². The Bertz CT molecular complexity index is 754. The second-order valence-corrected chi connectivity index (χ2v) is 7.43. The molecule has 0 saturated carbocycles. The number of hydrogen-bond acceptors (Lipinski definition) is 4. The van der Waals surface area contributed by atoms with Gasteiger partial charge in [0.25, 0.3) is 11.8 Å². The summed E-state index contributed by atoms with van der Waals surface area (Å²) in [6, 6.07) is 2.66. The number of carbonyl (C=O) groups is 3. The van der Waals surface area contributed by atoms with Crippen LogP contribution in [0.5, 0.6) is 0 Å². The molecule has 0 aromatic heterocycles. The lowest BCUT2D eigenvalue weighted by Gasteiger charge is -2.27. The third kappa shape index (κ3) is 5.29. The Balaban J connectivity index is 2.02. The number of benzene rings is 1. The molecule has 10 heteroatoms. The molecule has 0 aliphatic carbocycles. The normalized spacial score (nSPS) is 19.6. The van der Waals surface area contributed by atoms with Gasteiger partial charge in [0, 0.05) is 6.42 Å². The van der Waals surface area contributed by atoms with Gasteiger partial charge in [-0.05, 0) is 32.9 Å². The van der Waals surface area contributed by atoms with Crippen LogP contribution >= 0.6 is 11.6 Å². The van der Waals surface area contributed by atoms with Crippen molar-refractivity contribution in [2.24, 2.45) is 0 Å². The minimum absolute atomic E-state index is 0.244. The predicted molar refractivity (Wildman–Crippen MR) is 93.3 cm³/mol. The van der Waals surface area contributed by atoms with Gasteiger partial charge in [-0.2, -0.15) is 0 Å². The van der Waals surface area contributed by atoms with E-state index in [4.69, 9.17) is 16.3 Å². The summed E-state index contributed by atoms with van der Waals surface area (Å²) in [5.41, 5.74) is 2.91. The Morgan fingerprint density at radius 2 is 1.93 bits per heavy atom. The molecule has 0 radical (unpaired) electrons. The molecule has 1 aromatic rings. The third-order valence-corrected chi connectivity index (χ3v) is 3.97. The van der Waals surface area contributed by atoms with Gasteiger partial charge in [-0.25, -0.2) is 13.6 Å². The monoisotopic (exact) mass is 403 g/mol. The average Bonchev–Trinajstić information content (AvgIpc) is 2.95. The molecule has 1 saturated heterocycles. The Morgan fingerprint density at radius 3 is 2.56 bits per heavy atom. The highest BCUT2D eigenvalue weighted by Gasteiger charge is 2.41. The van der Waals surface area contributed by atoms with E-state index in [1.165, 1.54) is 18.2 Å². The third-order valence-electron chi connectivity index (χ3n) is 3.68. The molecule has 0 spiro atoms. The number of hydrazine groups is 1. The number of halogens is 3. The largest absolute Gasteiger partial charge is 0.444 e. The summed E-state index contributed by atoms with van der Waals surface area (Å²) in [5.74, 6) is -2.70. The molecule has 1 fully saturated rings. The van der Waals surface area contributed by atoms with Crippen molar-refractivity contribution < 1.29 is 27.9 Å². The first-order chi connectivity index (χ1) is 12.5. The average molecular weight is 404 g/mol. The second kappa shape index (κ2) is 8.08. The van der Waals surface area contributed by atoms with Crippen molar-refractivity contribution in [2.75, 3.05) is 6.54 Å². The zero-order chi connectivity index (χ0) is 20.4. The van der Waals surface area contributed by atoms with Crippen LogP contribution in [0.25, 0.3) is 0 Å². The van der Waals surface area contributed by atoms with Gasteiger partial charge in [0.1, 0.15) is 17.8 Å². The van der Waals surface area contributed by atoms with E-state index in [9.17, 15) is 23.2 Å². The fourth-order valence-corrected chi connectivity index (χ4v) is 2.68. The Kier molecular flexibility index (Phi) is 6.25. The van der Waals surface area contributed by atoms with E-state index >= 15 is 0 Å². The quantitative estimate of drug-likeness (QED) is 0.743. The maximum atomic E-state index is 13.8. The standard InChI is InChI=1S/C17H20ClF2N3O4/c1-17(2,3)27-16(26)23-8-9(19)7-12(23)15(25)22-21-14(24)10-5-4-6-11(18)13(10)20/h4-6,9,12H,7-8H2,1-3H3,(H,21,24)(H,22,25)/t9-,12+/m1/s1. The van der Waals surface area contributed by atoms with Gasteiger partial charge in [0.15, 0.2) is 5.82 Å². The highest BCUT2D eigenvalue weighted by molar-refractivity contribution is 6.31. The Morgan fingerprint density at radius 1 is 1.26 bits per heavy atom. The van der Waals surface area contributed by atoms with Gasteiger partial charge in [-0.3, -0.25) is 25.3 Å². The molecule has 7 nitrogen and oxygen atoms in total. The molecule has 27 heavy (non-hydrogen) atoms. The van der Waals surface area contributed by atoms with Gasteiger partial charge >= 0.3 is 6.09 Å². The van der Waals surface area contributed by atoms with Crippen molar-refractivity contribution in [3.05, 3.63) is 34.6 Å². The van der Waals surface area contributed by atoms with Gasteiger partial charge in [0.2, 0.25) is 0 Å². The molecular weight excluding hydrogens is 384 g/mol. The summed E-state index contributed by atoms with van der Waals surface area (Å²) in [4.78, 5) is 37.4. The zero-order valence-electron chi connectivity index (χ0n) is 15.0. The summed E-state index contributed by atoms with van der Waals surface area (Å²) < 4.78 is 32.7. The Hall–Kier alpha value is -2.42. The number of nitrogens with one attached hydrogen (secondary N) is 2. The lowest BCUT2D eigenvalue weighted by Crippen LogP contribution is -2.52. The summed E-state index contributed by atoms with van der Waals surface area (Å²) >= 11 is 5.60. The van der Waals surface area contributed by atoms with Crippen LogP contribution in [-0.4, -0.2) is 47.2 Å².